The highest BCUT2D eigenvalue weighted by atomic mass is 16.5. The molecule has 3 aromatic rings. The lowest BCUT2D eigenvalue weighted by atomic mass is 10.1. The molecule has 2 heterocycles. The summed E-state index contributed by atoms with van der Waals surface area (Å²) in [4.78, 5) is 21.1. The maximum Gasteiger partial charge on any atom is 0.257 e. The molecule has 0 radical (unpaired) electrons. The molecule has 0 aliphatic carbocycles. The van der Waals surface area contributed by atoms with Crippen molar-refractivity contribution in [2.24, 2.45) is 7.05 Å². The molecule has 0 unspecified atom stereocenters. The van der Waals surface area contributed by atoms with Crippen molar-refractivity contribution in [2.45, 2.75) is 13.0 Å². The van der Waals surface area contributed by atoms with Crippen molar-refractivity contribution < 1.29 is 19.0 Å². The van der Waals surface area contributed by atoms with Crippen LogP contribution in [0.1, 0.15) is 28.7 Å². The number of methoxy groups -OCH3 is 2. The number of rotatable bonds is 7. The number of aromatic nitrogens is 4. The van der Waals surface area contributed by atoms with E-state index in [4.69, 9.17) is 14.2 Å². The van der Waals surface area contributed by atoms with E-state index in [9.17, 15) is 4.79 Å². The second-order valence-corrected chi connectivity index (χ2v) is 6.63. The number of aryl methyl sites for hydroxylation is 1. The second-order valence-electron chi connectivity index (χ2n) is 6.63. The molecule has 0 aliphatic heterocycles. The minimum absolute atomic E-state index is 0.207. The first-order chi connectivity index (χ1) is 15.0. The van der Waals surface area contributed by atoms with E-state index in [-0.39, 0.29) is 12.0 Å². The molecule has 1 atom stereocenters. The molecule has 0 bridgehead atoms. The number of anilines is 1. The van der Waals surface area contributed by atoms with Gasteiger partial charge in [-0.1, -0.05) is 5.92 Å². The van der Waals surface area contributed by atoms with E-state index in [1.807, 2.05) is 6.92 Å². The van der Waals surface area contributed by atoms with Gasteiger partial charge in [0.1, 0.15) is 11.9 Å². The van der Waals surface area contributed by atoms with Crippen molar-refractivity contribution >= 4 is 11.7 Å². The van der Waals surface area contributed by atoms with Gasteiger partial charge in [0, 0.05) is 49.8 Å². The summed E-state index contributed by atoms with van der Waals surface area (Å²) in [6.45, 7) is 2.28. The minimum Gasteiger partial charge on any atom is -0.488 e. The van der Waals surface area contributed by atoms with Crippen molar-refractivity contribution in [1.82, 2.24) is 19.7 Å². The van der Waals surface area contributed by atoms with E-state index < -0.39 is 0 Å². The van der Waals surface area contributed by atoms with Crippen molar-refractivity contribution in [3.63, 3.8) is 0 Å². The zero-order valence-electron chi connectivity index (χ0n) is 17.7. The fraction of sp³-hybridized carbons (Fsp3) is 0.273. The summed E-state index contributed by atoms with van der Waals surface area (Å²) in [5.74, 6) is 7.19. The third-order valence-electron chi connectivity index (χ3n) is 4.02. The molecular weight excluding hydrogens is 398 g/mol. The fourth-order valence-corrected chi connectivity index (χ4v) is 2.69. The first-order valence-electron chi connectivity index (χ1n) is 9.47. The van der Waals surface area contributed by atoms with Gasteiger partial charge >= 0.3 is 0 Å². The van der Waals surface area contributed by atoms with Gasteiger partial charge in [0.15, 0.2) is 5.82 Å². The number of carbonyl (C=O) groups is 1. The van der Waals surface area contributed by atoms with E-state index in [2.05, 4.69) is 32.2 Å². The van der Waals surface area contributed by atoms with Crippen LogP contribution in [0.5, 0.6) is 11.6 Å². The smallest absolute Gasteiger partial charge is 0.257 e. The van der Waals surface area contributed by atoms with Gasteiger partial charge in [-0.05, 0) is 31.0 Å². The maximum absolute atomic E-state index is 12.8. The predicted octanol–water partition coefficient (Wildman–Crippen LogP) is 2.28. The molecule has 1 aromatic carbocycles. The van der Waals surface area contributed by atoms with Crippen LogP contribution in [-0.4, -0.2) is 52.6 Å². The van der Waals surface area contributed by atoms with Crippen molar-refractivity contribution in [3.05, 3.63) is 59.7 Å². The summed E-state index contributed by atoms with van der Waals surface area (Å²) in [6.07, 6.45) is 3.10. The summed E-state index contributed by atoms with van der Waals surface area (Å²) >= 11 is 0. The average molecular weight is 421 g/mol. The Bertz CT molecular complexity index is 1120. The Labute approximate surface area is 180 Å². The quantitative estimate of drug-likeness (QED) is 0.584. The van der Waals surface area contributed by atoms with Crippen LogP contribution in [0, 0.1) is 11.8 Å². The van der Waals surface area contributed by atoms with Crippen molar-refractivity contribution in [2.75, 3.05) is 26.1 Å². The molecule has 3 rings (SSSR count). The second kappa shape index (κ2) is 10.2. The van der Waals surface area contributed by atoms with Crippen LogP contribution in [0.2, 0.25) is 0 Å². The Morgan fingerprint density at radius 1 is 1.23 bits per heavy atom. The molecule has 1 N–H and O–H groups in total. The Morgan fingerprint density at radius 3 is 2.77 bits per heavy atom. The monoisotopic (exact) mass is 421 g/mol. The van der Waals surface area contributed by atoms with Crippen LogP contribution in [0.3, 0.4) is 0 Å². The molecule has 0 spiro atoms. The lowest BCUT2D eigenvalue weighted by Crippen LogP contribution is -2.19. The number of carbonyl (C=O) groups excluding carboxylic acids is 1. The number of hydrogen-bond acceptors (Lipinski definition) is 7. The fourth-order valence-electron chi connectivity index (χ4n) is 2.69. The van der Waals surface area contributed by atoms with E-state index in [1.165, 1.54) is 7.11 Å². The van der Waals surface area contributed by atoms with Crippen molar-refractivity contribution in [1.29, 1.82) is 0 Å². The summed E-state index contributed by atoms with van der Waals surface area (Å²) in [6, 6.07) is 8.41. The summed E-state index contributed by atoms with van der Waals surface area (Å²) in [5.41, 5.74) is 0.948. The van der Waals surface area contributed by atoms with E-state index in [1.54, 1.807) is 61.6 Å². The molecule has 1 amide bonds. The lowest BCUT2D eigenvalue weighted by Gasteiger charge is -2.15. The molecule has 0 saturated heterocycles. The van der Waals surface area contributed by atoms with Gasteiger partial charge in [-0.2, -0.15) is 10.1 Å². The van der Waals surface area contributed by atoms with Crippen LogP contribution in [0.25, 0.3) is 0 Å². The van der Waals surface area contributed by atoms with E-state index >= 15 is 0 Å². The Morgan fingerprint density at radius 2 is 2.06 bits per heavy atom. The van der Waals surface area contributed by atoms with E-state index in [0.29, 0.717) is 41.0 Å². The van der Waals surface area contributed by atoms with Gasteiger partial charge in [-0.3, -0.25) is 9.48 Å². The molecule has 160 valence electrons. The van der Waals surface area contributed by atoms with Gasteiger partial charge in [-0.25, -0.2) is 4.98 Å². The summed E-state index contributed by atoms with van der Waals surface area (Å²) < 4.78 is 17.7. The highest BCUT2D eigenvalue weighted by molar-refractivity contribution is 6.04. The lowest BCUT2D eigenvalue weighted by molar-refractivity contribution is 0.0917. The first kappa shape index (κ1) is 21.8. The number of amides is 1. The largest absolute Gasteiger partial charge is 0.488 e. The van der Waals surface area contributed by atoms with Gasteiger partial charge in [0.05, 0.1) is 13.7 Å². The zero-order chi connectivity index (χ0) is 22.2. The molecule has 0 aliphatic rings. The molecule has 0 fully saturated rings. The minimum atomic E-state index is -0.329. The molecule has 31 heavy (non-hydrogen) atoms. The Kier molecular flexibility index (Phi) is 7.19. The van der Waals surface area contributed by atoms with Crippen LogP contribution in [-0.2, 0) is 11.8 Å². The first-order valence-corrected chi connectivity index (χ1v) is 9.47. The predicted molar refractivity (Wildman–Crippen MR) is 114 cm³/mol. The number of benzene rings is 1. The number of ether oxygens (including phenoxy) is 3. The Balaban J connectivity index is 1.90. The highest BCUT2D eigenvalue weighted by Gasteiger charge is 2.12. The van der Waals surface area contributed by atoms with E-state index in [0.717, 1.165) is 0 Å². The van der Waals surface area contributed by atoms with Crippen LogP contribution >= 0.6 is 0 Å². The van der Waals surface area contributed by atoms with Crippen LogP contribution in [0.4, 0.5) is 5.82 Å². The van der Waals surface area contributed by atoms with Gasteiger partial charge in [-0.15, -0.1) is 0 Å². The highest BCUT2D eigenvalue weighted by Crippen LogP contribution is 2.20. The average Bonchev–Trinajstić information content (AvgIpc) is 3.17. The van der Waals surface area contributed by atoms with Crippen LogP contribution in [0.15, 0.2) is 42.7 Å². The molecular formula is C22H23N5O4. The normalized spacial score (nSPS) is 11.2. The molecule has 9 heteroatoms. The third-order valence-corrected chi connectivity index (χ3v) is 4.02. The zero-order valence-corrected chi connectivity index (χ0v) is 17.7. The molecule has 2 aromatic heterocycles. The SMILES string of the molecule is COC[C@H](C)Oc1cc(C#Cc2nccc(OC)n2)cc(C(=O)Nc2ccn(C)n2)c1. The van der Waals surface area contributed by atoms with Gasteiger partial charge < -0.3 is 19.5 Å². The Hall–Kier alpha value is -3.90. The van der Waals surface area contributed by atoms with Gasteiger partial charge in [0.25, 0.3) is 5.91 Å². The maximum atomic E-state index is 12.8. The van der Waals surface area contributed by atoms with Gasteiger partial charge in [0.2, 0.25) is 11.7 Å². The number of hydrogen-bond donors (Lipinski definition) is 1. The molecule has 9 nitrogen and oxygen atoms in total. The summed E-state index contributed by atoms with van der Waals surface area (Å²) in [7, 11) is 4.89. The van der Waals surface area contributed by atoms with Crippen molar-refractivity contribution in [3.8, 4) is 23.5 Å². The standard InChI is InChI=1S/C22H23N5O4/c1-15(14-29-3)31-18-12-16(5-6-19-23-9-7-21(24-19)30-4)11-17(13-18)22(28)25-20-8-10-27(2)26-20/h7-13,15H,14H2,1-4H3,(H,25,26,28)/t15-/m0/s1. The third kappa shape index (κ3) is 6.29. The molecule has 0 saturated carbocycles. The topological polar surface area (TPSA) is 100 Å². The summed E-state index contributed by atoms with van der Waals surface area (Å²) in [5, 5.41) is 6.93. The number of nitrogens with one attached hydrogen (secondary N) is 1. The van der Waals surface area contributed by atoms with Crippen LogP contribution < -0.4 is 14.8 Å². The number of nitrogens with zero attached hydrogens (tertiary/aromatic N) is 4.